The fourth-order valence-corrected chi connectivity index (χ4v) is 2.88. The zero-order valence-corrected chi connectivity index (χ0v) is 16.9. The average molecular weight is 415 g/mol. The van der Waals surface area contributed by atoms with E-state index in [0.29, 0.717) is 22.0 Å². The molecule has 0 bridgehead atoms. The van der Waals surface area contributed by atoms with E-state index in [0.717, 1.165) is 11.1 Å². The summed E-state index contributed by atoms with van der Waals surface area (Å²) in [7, 11) is 0. The van der Waals surface area contributed by atoms with Crippen molar-refractivity contribution in [2.24, 2.45) is 0 Å². The third-order valence-corrected chi connectivity index (χ3v) is 4.91. The number of aromatic nitrogens is 2. The average Bonchev–Trinajstić information content (AvgIpc) is 3.15. The van der Waals surface area contributed by atoms with Gasteiger partial charge in [-0.2, -0.15) is 5.10 Å². The lowest BCUT2D eigenvalue weighted by Gasteiger charge is -2.10. The molecule has 8 nitrogen and oxygen atoms in total. The van der Waals surface area contributed by atoms with Crippen molar-refractivity contribution in [1.82, 2.24) is 9.78 Å². The van der Waals surface area contributed by atoms with Crippen molar-refractivity contribution in [3.63, 3.8) is 0 Å². The topological polar surface area (TPSA) is 99.3 Å². The fourth-order valence-electron chi connectivity index (χ4n) is 2.77. The van der Waals surface area contributed by atoms with Crippen LogP contribution in [-0.2, 0) is 6.73 Å². The second kappa shape index (κ2) is 8.32. The highest BCUT2D eigenvalue weighted by molar-refractivity contribution is 6.32. The quantitative estimate of drug-likeness (QED) is 0.467. The highest BCUT2D eigenvalue weighted by Crippen LogP contribution is 2.26. The van der Waals surface area contributed by atoms with Gasteiger partial charge in [0, 0.05) is 29.0 Å². The van der Waals surface area contributed by atoms with Crippen LogP contribution in [0.1, 0.15) is 27.2 Å². The van der Waals surface area contributed by atoms with Crippen LogP contribution in [0.3, 0.4) is 0 Å². The molecule has 0 saturated heterocycles. The minimum Gasteiger partial charge on any atom is -0.471 e. The standard InChI is InChI=1S/C20H19ClN4O4/c1-12-8-15(25(27)28)4-5-17(12)22-20(26)18-6-7-24(23-18)11-29-16-9-13(2)19(21)14(3)10-16/h4-10H,11H2,1-3H3,(H,22,26). The summed E-state index contributed by atoms with van der Waals surface area (Å²) in [5, 5.41) is 18.4. The zero-order valence-electron chi connectivity index (χ0n) is 16.1. The first-order valence-electron chi connectivity index (χ1n) is 8.74. The number of halogens is 1. The number of nitrogens with one attached hydrogen (secondary N) is 1. The Hall–Kier alpha value is -3.39. The van der Waals surface area contributed by atoms with Gasteiger partial charge in [0.15, 0.2) is 12.4 Å². The zero-order chi connectivity index (χ0) is 21.1. The van der Waals surface area contributed by atoms with Gasteiger partial charge in [0.25, 0.3) is 11.6 Å². The van der Waals surface area contributed by atoms with Crippen LogP contribution in [0.4, 0.5) is 11.4 Å². The van der Waals surface area contributed by atoms with Gasteiger partial charge in [-0.1, -0.05) is 11.6 Å². The van der Waals surface area contributed by atoms with Crippen LogP contribution in [0, 0.1) is 30.9 Å². The van der Waals surface area contributed by atoms with Gasteiger partial charge in [0.1, 0.15) is 5.75 Å². The summed E-state index contributed by atoms with van der Waals surface area (Å²) < 4.78 is 7.22. The lowest BCUT2D eigenvalue weighted by atomic mass is 10.1. The Bertz CT molecular complexity index is 1070. The van der Waals surface area contributed by atoms with Crippen molar-refractivity contribution in [2.75, 3.05) is 5.32 Å². The van der Waals surface area contributed by atoms with E-state index in [2.05, 4.69) is 10.4 Å². The van der Waals surface area contributed by atoms with E-state index in [1.54, 1.807) is 19.2 Å². The predicted molar refractivity (Wildman–Crippen MR) is 110 cm³/mol. The van der Waals surface area contributed by atoms with Gasteiger partial charge in [-0.15, -0.1) is 0 Å². The summed E-state index contributed by atoms with van der Waals surface area (Å²) in [5.74, 6) is 0.242. The van der Waals surface area contributed by atoms with E-state index in [-0.39, 0.29) is 18.1 Å². The molecular formula is C20H19ClN4O4. The Balaban J connectivity index is 1.65. The highest BCUT2D eigenvalue weighted by atomic mass is 35.5. The molecule has 9 heteroatoms. The predicted octanol–water partition coefficient (Wildman–Crippen LogP) is 4.66. The lowest BCUT2D eigenvalue weighted by molar-refractivity contribution is -0.384. The van der Waals surface area contributed by atoms with Crippen molar-refractivity contribution in [1.29, 1.82) is 0 Å². The maximum atomic E-state index is 12.4. The smallest absolute Gasteiger partial charge is 0.276 e. The monoisotopic (exact) mass is 414 g/mol. The lowest BCUT2D eigenvalue weighted by Crippen LogP contribution is -2.15. The van der Waals surface area contributed by atoms with Crippen molar-refractivity contribution in [3.8, 4) is 5.75 Å². The number of benzene rings is 2. The van der Waals surface area contributed by atoms with E-state index >= 15 is 0 Å². The van der Waals surface area contributed by atoms with Crippen molar-refractivity contribution < 1.29 is 14.5 Å². The van der Waals surface area contributed by atoms with Crippen LogP contribution in [-0.4, -0.2) is 20.6 Å². The Morgan fingerprint density at radius 2 is 1.86 bits per heavy atom. The van der Waals surface area contributed by atoms with Crippen LogP contribution in [0.2, 0.25) is 5.02 Å². The van der Waals surface area contributed by atoms with Gasteiger partial charge in [-0.3, -0.25) is 14.9 Å². The fraction of sp³-hybridized carbons (Fsp3) is 0.200. The minimum atomic E-state index is -0.482. The maximum Gasteiger partial charge on any atom is 0.276 e. The first kappa shape index (κ1) is 20.3. The number of carbonyl (C=O) groups is 1. The number of amides is 1. The van der Waals surface area contributed by atoms with Crippen LogP contribution in [0.5, 0.6) is 5.75 Å². The molecule has 1 aromatic heterocycles. The summed E-state index contributed by atoms with van der Waals surface area (Å²) >= 11 is 6.16. The largest absolute Gasteiger partial charge is 0.471 e. The first-order valence-corrected chi connectivity index (χ1v) is 9.12. The second-order valence-corrected chi connectivity index (χ2v) is 6.97. The molecule has 0 fully saturated rings. The summed E-state index contributed by atoms with van der Waals surface area (Å²) in [5.41, 5.74) is 3.08. The van der Waals surface area contributed by atoms with Gasteiger partial charge in [0.2, 0.25) is 0 Å². The van der Waals surface area contributed by atoms with Crippen LogP contribution >= 0.6 is 11.6 Å². The number of ether oxygens (including phenoxy) is 1. The molecule has 0 aliphatic carbocycles. The molecule has 1 amide bonds. The highest BCUT2D eigenvalue weighted by Gasteiger charge is 2.14. The molecule has 0 aliphatic heterocycles. The second-order valence-electron chi connectivity index (χ2n) is 6.60. The molecule has 29 heavy (non-hydrogen) atoms. The molecule has 1 N–H and O–H groups in total. The van der Waals surface area contributed by atoms with Crippen LogP contribution in [0.25, 0.3) is 0 Å². The number of aryl methyl sites for hydroxylation is 3. The Morgan fingerprint density at radius 3 is 2.48 bits per heavy atom. The van der Waals surface area contributed by atoms with Gasteiger partial charge >= 0.3 is 0 Å². The van der Waals surface area contributed by atoms with Gasteiger partial charge in [-0.25, -0.2) is 4.68 Å². The molecule has 3 rings (SSSR count). The Morgan fingerprint density at radius 1 is 1.17 bits per heavy atom. The number of nitro benzene ring substituents is 1. The summed E-state index contributed by atoms with van der Waals surface area (Å²) in [4.78, 5) is 22.8. The number of rotatable bonds is 6. The molecule has 0 saturated carbocycles. The van der Waals surface area contributed by atoms with E-state index in [1.807, 2.05) is 26.0 Å². The molecular weight excluding hydrogens is 396 g/mol. The number of carbonyl (C=O) groups excluding carboxylic acids is 1. The first-order chi connectivity index (χ1) is 13.7. The summed E-state index contributed by atoms with van der Waals surface area (Å²) in [6, 6.07) is 9.48. The molecule has 0 aliphatic rings. The van der Waals surface area contributed by atoms with Crippen LogP contribution in [0.15, 0.2) is 42.6 Å². The van der Waals surface area contributed by atoms with E-state index in [4.69, 9.17) is 16.3 Å². The van der Waals surface area contributed by atoms with Crippen molar-refractivity contribution in [3.05, 3.63) is 80.1 Å². The molecule has 1 heterocycles. The number of hydrogen-bond donors (Lipinski definition) is 1. The molecule has 3 aromatic rings. The third-order valence-electron chi connectivity index (χ3n) is 4.32. The molecule has 2 aromatic carbocycles. The molecule has 0 unspecified atom stereocenters. The molecule has 0 radical (unpaired) electrons. The van der Waals surface area contributed by atoms with Gasteiger partial charge in [-0.05, 0) is 61.7 Å². The summed E-state index contributed by atoms with van der Waals surface area (Å²) in [6.07, 6.45) is 1.63. The normalized spacial score (nSPS) is 10.6. The third kappa shape index (κ3) is 4.72. The van der Waals surface area contributed by atoms with Crippen LogP contribution < -0.4 is 10.1 Å². The summed E-state index contributed by atoms with van der Waals surface area (Å²) in [6.45, 7) is 5.62. The number of hydrogen-bond acceptors (Lipinski definition) is 5. The van der Waals surface area contributed by atoms with Crippen molar-refractivity contribution >= 4 is 28.9 Å². The minimum absolute atomic E-state index is 0.0328. The van der Waals surface area contributed by atoms with E-state index < -0.39 is 10.8 Å². The maximum absolute atomic E-state index is 12.4. The van der Waals surface area contributed by atoms with Gasteiger partial charge < -0.3 is 10.1 Å². The number of non-ortho nitro benzene ring substituents is 1. The Kier molecular flexibility index (Phi) is 5.84. The molecule has 150 valence electrons. The number of nitrogens with zero attached hydrogens (tertiary/aromatic N) is 3. The number of anilines is 1. The van der Waals surface area contributed by atoms with E-state index in [1.165, 1.54) is 22.9 Å². The van der Waals surface area contributed by atoms with Crippen molar-refractivity contribution in [2.45, 2.75) is 27.5 Å². The Labute approximate surface area is 172 Å². The molecule has 0 spiro atoms. The SMILES string of the molecule is Cc1cc([N+](=O)[O-])ccc1NC(=O)c1ccn(COc2cc(C)c(Cl)c(C)c2)n1. The molecule has 0 atom stereocenters. The van der Waals surface area contributed by atoms with E-state index in [9.17, 15) is 14.9 Å². The number of nitro groups is 1. The van der Waals surface area contributed by atoms with Gasteiger partial charge in [0.05, 0.1) is 4.92 Å².